The molecule has 1 fully saturated rings. The topological polar surface area (TPSA) is 98.4 Å². The van der Waals surface area contributed by atoms with E-state index in [0.29, 0.717) is 17.8 Å². The Hall–Kier alpha value is -3.16. The zero-order valence-electron chi connectivity index (χ0n) is 15.8. The molecule has 28 heavy (non-hydrogen) atoms. The summed E-state index contributed by atoms with van der Waals surface area (Å²) < 4.78 is 0. The first-order valence-corrected chi connectivity index (χ1v) is 9.55. The summed E-state index contributed by atoms with van der Waals surface area (Å²) in [6.45, 7) is 0.662. The van der Waals surface area contributed by atoms with Crippen molar-refractivity contribution in [1.82, 2.24) is 20.4 Å². The minimum absolute atomic E-state index is 0.187. The number of para-hydroxylation sites is 1. The van der Waals surface area contributed by atoms with Crippen molar-refractivity contribution in [3.63, 3.8) is 0 Å². The van der Waals surface area contributed by atoms with Gasteiger partial charge in [0.15, 0.2) is 0 Å². The van der Waals surface area contributed by atoms with Crippen LogP contribution < -0.4 is 10.2 Å². The van der Waals surface area contributed by atoms with E-state index in [1.54, 1.807) is 36.2 Å². The Kier molecular flexibility index (Phi) is 4.85. The van der Waals surface area contributed by atoms with Gasteiger partial charge in [-0.3, -0.25) is 24.9 Å². The average molecular weight is 381 g/mol. The molecule has 8 nitrogen and oxygen atoms in total. The number of hydrogen-bond donors (Lipinski definition) is 2. The molecule has 0 radical (unpaired) electrons. The highest BCUT2D eigenvalue weighted by molar-refractivity contribution is 6.09. The third kappa shape index (κ3) is 3.37. The molecule has 4 amide bonds. The van der Waals surface area contributed by atoms with Gasteiger partial charge in [0.05, 0.1) is 23.5 Å². The van der Waals surface area contributed by atoms with Crippen molar-refractivity contribution in [1.29, 1.82) is 0 Å². The van der Waals surface area contributed by atoms with Gasteiger partial charge in [0.25, 0.3) is 5.91 Å². The van der Waals surface area contributed by atoms with Crippen molar-refractivity contribution < 1.29 is 14.4 Å². The van der Waals surface area contributed by atoms with Crippen LogP contribution in [0.3, 0.4) is 0 Å². The maximum absolute atomic E-state index is 13.1. The number of H-pyrrole nitrogens is 1. The number of fused-ring (bicyclic) bond motifs is 1. The molecule has 0 saturated carbocycles. The van der Waals surface area contributed by atoms with Crippen LogP contribution in [0.2, 0.25) is 0 Å². The lowest BCUT2D eigenvalue weighted by atomic mass is 9.96. The number of carbonyl (C=O) groups is 3. The molecule has 146 valence electrons. The molecular formula is C20H23N5O3. The Balaban J connectivity index is 1.56. The van der Waals surface area contributed by atoms with Crippen LogP contribution >= 0.6 is 0 Å². The molecule has 1 aliphatic heterocycles. The van der Waals surface area contributed by atoms with Crippen LogP contribution in [0.25, 0.3) is 0 Å². The van der Waals surface area contributed by atoms with Crippen LogP contribution in [-0.4, -0.2) is 46.5 Å². The summed E-state index contributed by atoms with van der Waals surface area (Å²) >= 11 is 0. The zero-order valence-corrected chi connectivity index (χ0v) is 15.8. The SMILES string of the molecule is CN(Cc1n[nH]c2c1CCCC2)C(=O)c1ccccc1N1CCC(=O)NC1=O. The van der Waals surface area contributed by atoms with E-state index in [1.807, 2.05) is 0 Å². The third-order valence-electron chi connectivity index (χ3n) is 5.35. The minimum Gasteiger partial charge on any atom is -0.336 e. The third-order valence-corrected chi connectivity index (χ3v) is 5.35. The largest absolute Gasteiger partial charge is 0.336 e. The molecule has 2 heterocycles. The Bertz CT molecular complexity index is 936. The van der Waals surface area contributed by atoms with E-state index in [2.05, 4.69) is 15.5 Å². The molecule has 4 rings (SSSR count). The maximum atomic E-state index is 13.1. The second-order valence-corrected chi connectivity index (χ2v) is 7.27. The summed E-state index contributed by atoms with van der Waals surface area (Å²) in [6, 6.07) is 6.49. The molecule has 1 aromatic heterocycles. The van der Waals surface area contributed by atoms with Gasteiger partial charge in [0.1, 0.15) is 0 Å². The average Bonchev–Trinajstić information content (AvgIpc) is 3.10. The van der Waals surface area contributed by atoms with E-state index in [1.165, 1.54) is 16.2 Å². The number of aromatic amines is 1. The fraction of sp³-hybridized carbons (Fsp3) is 0.400. The Morgan fingerprint density at radius 3 is 2.79 bits per heavy atom. The number of hydrogen-bond acceptors (Lipinski definition) is 4. The van der Waals surface area contributed by atoms with Gasteiger partial charge in [0.2, 0.25) is 5.91 Å². The fourth-order valence-electron chi connectivity index (χ4n) is 3.87. The van der Waals surface area contributed by atoms with Gasteiger partial charge in [-0.15, -0.1) is 0 Å². The second-order valence-electron chi connectivity index (χ2n) is 7.27. The van der Waals surface area contributed by atoms with E-state index in [4.69, 9.17) is 0 Å². The van der Waals surface area contributed by atoms with E-state index in [-0.39, 0.29) is 24.8 Å². The van der Waals surface area contributed by atoms with E-state index >= 15 is 0 Å². The first-order chi connectivity index (χ1) is 13.5. The lowest BCUT2D eigenvalue weighted by molar-refractivity contribution is -0.120. The number of amides is 4. The molecule has 8 heteroatoms. The van der Waals surface area contributed by atoms with Crippen LogP contribution in [0, 0.1) is 0 Å². The van der Waals surface area contributed by atoms with Gasteiger partial charge in [-0.1, -0.05) is 12.1 Å². The number of aryl methyl sites for hydroxylation is 1. The highest BCUT2D eigenvalue weighted by Crippen LogP contribution is 2.26. The van der Waals surface area contributed by atoms with E-state index < -0.39 is 6.03 Å². The van der Waals surface area contributed by atoms with Crippen LogP contribution in [0.15, 0.2) is 24.3 Å². The van der Waals surface area contributed by atoms with Crippen LogP contribution in [0.4, 0.5) is 10.5 Å². The summed E-state index contributed by atoms with van der Waals surface area (Å²) in [5, 5.41) is 9.82. The summed E-state index contributed by atoms with van der Waals surface area (Å²) in [4.78, 5) is 39.9. The lowest BCUT2D eigenvalue weighted by Gasteiger charge is -2.29. The Morgan fingerprint density at radius 2 is 1.96 bits per heavy atom. The summed E-state index contributed by atoms with van der Waals surface area (Å²) in [5.41, 5.74) is 4.25. The molecule has 0 atom stereocenters. The Morgan fingerprint density at radius 1 is 1.18 bits per heavy atom. The van der Waals surface area contributed by atoms with Crippen LogP contribution in [0.1, 0.15) is 46.6 Å². The number of imide groups is 1. The summed E-state index contributed by atoms with van der Waals surface area (Å²) in [5.74, 6) is -0.488. The highest BCUT2D eigenvalue weighted by Gasteiger charge is 2.28. The van der Waals surface area contributed by atoms with Crippen LogP contribution in [0.5, 0.6) is 0 Å². The minimum atomic E-state index is -0.500. The van der Waals surface area contributed by atoms with Gasteiger partial charge < -0.3 is 4.90 Å². The first kappa shape index (κ1) is 18.2. The summed E-state index contributed by atoms with van der Waals surface area (Å²) in [6.07, 6.45) is 4.51. The number of aromatic nitrogens is 2. The standard InChI is InChI=1S/C20H23N5O3/c1-24(12-16-13-6-2-4-8-15(13)22-23-16)19(27)14-7-3-5-9-17(14)25-11-10-18(26)21-20(25)28/h3,5,7,9H,2,4,6,8,10-12H2,1H3,(H,22,23)(H,21,26,28). The number of carbonyl (C=O) groups excluding carboxylic acids is 3. The molecule has 2 N–H and O–H groups in total. The predicted molar refractivity (Wildman–Crippen MR) is 103 cm³/mol. The van der Waals surface area contributed by atoms with Crippen molar-refractivity contribution in [3.05, 3.63) is 46.8 Å². The van der Waals surface area contributed by atoms with E-state index in [0.717, 1.165) is 31.4 Å². The molecular weight excluding hydrogens is 358 g/mol. The van der Waals surface area contributed by atoms with Crippen molar-refractivity contribution in [3.8, 4) is 0 Å². The number of urea groups is 1. The number of rotatable bonds is 4. The normalized spacial score (nSPS) is 16.5. The highest BCUT2D eigenvalue weighted by atomic mass is 16.2. The van der Waals surface area contributed by atoms with Crippen molar-refractivity contribution in [2.24, 2.45) is 0 Å². The molecule has 1 aliphatic carbocycles. The van der Waals surface area contributed by atoms with Gasteiger partial charge >= 0.3 is 6.03 Å². The lowest BCUT2D eigenvalue weighted by Crippen LogP contribution is -2.50. The molecule has 0 bridgehead atoms. The van der Waals surface area contributed by atoms with Gasteiger partial charge in [-0.25, -0.2) is 4.79 Å². The molecule has 1 aromatic carbocycles. The van der Waals surface area contributed by atoms with Crippen molar-refractivity contribution in [2.45, 2.75) is 38.6 Å². The molecule has 1 saturated heterocycles. The van der Waals surface area contributed by atoms with Gasteiger partial charge in [-0.05, 0) is 43.4 Å². The molecule has 2 aliphatic rings. The number of nitrogens with one attached hydrogen (secondary N) is 2. The summed E-state index contributed by atoms with van der Waals surface area (Å²) in [7, 11) is 1.74. The number of anilines is 1. The molecule has 2 aromatic rings. The zero-order chi connectivity index (χ0) is 19.7. The second kappa shape index (κ2) is 7.46. The number of benzene rings is 1. The monoisotopic (exact) mass is 381 g/mol. The fourth-order valence-corrected chi connectivity index (χ4v) is 3.87. The maximum Gasteiger partial charge on any atom is 0.328 e. The van der Waals surface area contributed by atoms with Crippen LogP contribution in [-0.2, 0) is 24.2 Å². The predicted octanol–water partition coefficient (Wildman–Crippen LogP) is 2.01. The van der Waals surface area contributed by atoms with E-state index in [9.17, 15) is 14.4 Å². The smallest absolute Gasteiger partial charge is 0.328 e. The number of nitrogens with zero attached hydrogens (tertiary/aromatic N) is 3. The molecule has 0 spiro atoms. The quantitative estimate of drug-likeness (QED) is 0.846. The Labute approximate surface area is 162 Å². The van der Waals surface area contributed by atoms with Gasteiger partial charge in [0, 0.05) is 25.7 Å². The van der Waals surface area contributed by atoms with Crippen molar-refractivity contribution >= 4 is 23.5 Å². The van der Waals surface area contributed by atoms with Crippen molar-refractivity contribution in [2.75, 3.05) is 18.5 Å². The van der Waals surface area contributed by atoms with Gasteiger partial charge in [-0.2, -0.15) is 5.10 Å². The first-order valence-electron chi connectivity index (χ1n) is 9.55. The molecule has 0 unspecified atom stereocenters.